The van der Waals surface area contributed by atoms with E-state index in [1.807, 2.05) is 6.07 Å². The summed E-state index contributed by atoms with van der Waals surface area (Å²) in [7, 11) is -4.16. The lowest BCUT2D eigenvalue weighted by Crippen LogP contribution is -2.53. The predicted octanol–water partition coefficient (Wildman–Crippen LogP) is 1.04. The smallest absolute Gasteiger partial charge is 0.265 e. The molecule has 1 saturated carbocycles. The van der Waals surface area contributed by atoms with Crippen LogP contribution in [0.2, 0.25) is 0 Å². The zero-order chi connectivity index (χ0) is 23.1. The number of nitrogens with one attached hydrogen (secondary N) is 1. The lowest BCUT2D eigenvalue weighted by Gasteiger charge is -2.31. The summed E-state index contributed by atoms with van der Waals surface area (Å²) < 4.78 is 27.4. The molecule has 2 aromatic carbocycles. The van der Waals surface area contributed by atoms with Gasteiger partial charge in [-0.2, -0.15) is 0 Å². The monoisotopic (exact) mass is 462 g/mol. The van der Waals surface area contributed by atoms with Crippen LogP contribution in [-0.4, -0.2) is 48.9 Å². The minimum atomic E-state index is -4.16. The van der Waals surface area contributed by atoms with Gasteiger partial charge >= 0.3 is 0 Å². The molecule has 3 rings (SSSR count). The number of nitrogens with zero attached hydrogens (tertiary/aromatic N) is 1. The lowest BCUT2D eigenvalue weighted by atomic mass is 10.0. The van der Waals surface area contributed by atoms with Crippen LogP contribution in [0.1, 0.15) is 31.2 Å². The molecule has 0 saturated heterocycles. The number of sulfonamides is 1. The average molecular weight is 463 g/mol. The maximum absolute atomic E-state index is 13.3. The number of hydrogen-bond acceptors (Lipinski definition) is 7. The Morgan fingerprint density at radius 1 is 1.19 bits per heavy atom. The van der Waals surface area contributed by atoms with Crippen molar-refractivity contribution in [1.82, 2.24) is 9.79 Å². The third-order valence-electron chi connectivity index (χ3n) is 5.40. The van der Waals surface area contributed by atoms with E-state index in [0.717, 1.165) is 22.9 Å². The Kier molecular flexibility index (Phi) is 8.08. The van der Waals surface area contributed by atoms with Gasteiger partial charge in [0.15, 0.2) is 0 Å². The molecule has 0 bridgehead atoms. The summed E-state index contributed by atoms with van der Waals surface area (Å²) >= 11 is 0. The first-order chi connectivity index (χ1) is 15.3. The molecule has 1 aliphatic rings. The average Bonchev–Trinajstić information content (AvgIpc) is 3.26. The molecule has 0 aliphatic heterocycles. The van der Waals surface area contributed by atoms with Crippen LogP contribution < -0.4 is 16.2 Å². The molecule has 2 atom stereocenters. The van der Waals surface area contributed by atoms with Gasteiger partial charge in [0.2, 0.25) is 0 Å². The zero-order valence-corrected chi connectivity index (χ0v) is 18.4. The number of nitrogen functional groups attached to an aromatic ring is 1. The highest BCUT2D eigenvalue weighted by Crippen LogP contribution is 2.26. The van der Waals surface area contributed by atoms with Crippen molar-refractivity contribution in [2.24, 2.45) is 0 Å². The summed E-state index contributed by atoms with van der Waals surface area (Å²) in [5, 5.41) is 24.3. The molecule has 174 valence electrons. The van der Waals surface area contributed by atoms with Crippen LogP contribution in [0, 0.1) is 0 Å². The maximum Gasteiger partial charge on any atom is 0.265 e. The van der Waals surface area contributed by atoms with Crippen LogP contribution >= 0.6 is 0 Å². The number of nitrogens with two attached hydrogens (primary N) is 1. The molecule has 0 spiro atoms. The molecule has 32 heavy (non-hydrogen) atoms. The van der Waals surface area contributed by atoms with Crippen LogP contribution in [0.25, 0.3) is 0 Å². The van der Waals surface area contributed by atoms with Crippen molar-refractivity contribution in [3.05, 3.63) is 60.2 Å². The lowest BCUT2D eigenvalue weighted by molar-refractivity contribution is -0.252. The number of benzene rings is 2. The number of amides is 1. The molecule has 4 N–H and O–H groups in total. The topological polar surface area (TPSA) is 145 Å². The van der Waals surface area contributed by atoms with E-state index in [1.54, 1.807) is 30.3 Å². The maximum atomic E-state index is 13.3. The summed E-state index contributed by atoms with van der Waals surface area (Å²) in [6.07, 6.45) is 0.112. The number of aliphatic hydroxyl groups excluding tert-OH is 1. The van der Waals surface area contributed by atoms with Crippen LogP contribution in [0.3, 0.4) is 0 Å². The largest absolute Gasteiger partial charge is 0.530 e. The SMILES string of the molecule is Nc1cccc(S(=O)(=O)N(C[C@@H](O)[C@H](Cc2ccccc2)NC(=O)[O-])OC2CCCC2)c1. The van der Waals surface area contributed by atoms with E-state index >= 15 is 0 Å². The standard InChI is InChI=1S/C22H29N3O6S/c23-17-9-6-12-19(14-17)32(29,30)25(31-18-10-4-5-11-18)15-21(26)20(24-22(27)28)13-16-7-2-1-3-8-16/h1-3,6-9,12,14,18,20-21,24,26H,4-5,10-11,13,15,23H2,(H,27,28)/p-1/t20-,21+/m0/s1. The first-order valence-corrected chi connectivity index (χ1v) is 11.9. The Morgan fingerprint density at radius 3 is 2.50 bits per heavy atom. The Bertz CT molecular complexity index is 996. The van der Waals surface area contributed by atoms with Gasteiger partial charge in [-0.25, -0.2) is 8.42 Å². The Labute approximate surface area is 187 Å². The van der Waals surface area contributed by atoms with E-state index in [4.69, 9.17) is 10.6 Å². The molecule has 1 aliphatic carbocycles. The van der Waals surface area contributed by atoms with E-state index < -0.39 is 34.8 Å². The number of hydrogen-bond donors (Lipinski definition) is 3. The van der Waals surface area contributed by atoms with Gasteiger partial charge in [0.05, 0.1) is 29.7 Å². The summed E-state index contributed by atoms with van der Waals surface area (Å²) in [5.74, 6) is 0. The van der Waals surface area contributed by atoms with Gasteiger partial charge in [0.1, 0.15) is 6.09 Å². The third kappa shape index (κ3) is 6.42. The van der Waals surface area contributed by atoms with Crippen LogP contribution in [0.15, 0.2) is 59.5 Å². The molecule has 0 radical (unpaired) electrons. The van der Waals surface area contributed by atoms with E-state index in [-0.39, 0.29) is 23.1 Å². The second-order valence-corrected chi connectivity index (χ2v) is 9.70. The Hall–Kier alpha value is -2.66. The van der Waals surface area contributed by atoms with Crippen molar-refractivity contribution >= 4 is 21.8 Å². The first-order valence-electron chi connectivity index (χ1n) is 10.5. The normalized spacial score (nSPS) is 16.7. The molecule has 0 heterocycles. The fraction of sp³-hybridized carbons (Fsp3) is 0.409. The highest BCUT2D eigenvalue weighted by atomic mass is 32.2. The van der Waals surface area contributed by atoms with E-state index in [9.17, 15) is 23.4 Å². The number of carboxylic acid groups (broad SMARTS) is 1. The van der Waals surface area contributed by atoms with Crippen molar-refractivity contribution in [3.63, 3.8) is 0 Å². The molecule has 1 amide bonds. The van der Waals surface area contributed by atoms with E-state index in [2.05, 4.69) is 5.32 Å². The number of aliphatic hydroxyl groups is 1. The van der Waals surface area contributed by atoms with Crippen molar-refractivity contribution in [2.75, 3.05) is 12.3 Å². The molecule has 2 aromatic rings. The quantitative estimate of drug-likeness (QED) is 0.353. The molecular weight excluding hydrogens is 434 g/mol. The Balaban J connectivity index is 1.85. The zero-order valence-electron chi connectivity index (χ0n) is 17.6. The van der Waals surface area contributed by atoms with Gasteiger partial charge in [-0.1, -0.05) is 53.7 Å². The number of anilines is 1. The second-order valence-electron chi connectivity index (χ2n) is 7.87. The number of hydroxylamine groups is 1. The van der Waals surface area contributed by atoms with E-state index in [0.29, 0.717) is 12.8 Å². The van der Waals surface area contributed by atoms with Crippen LogP contribution in [0.4, 0.5) is 10.5 Å². The fourth-order valence-electron chi connectivity index (χ4n) is 3.73. The fourth-order valence-corrected chi connectivity index (χ4v) is 5.09. The molecule has 0 aromatic heterocycles. The minimum Gasteiger partial charge on any atom is -0.530 e. The van der Waals surface area contributed by atoms with Gasteiger partial charge in [-0.15, -0.1) is 0 Å². The van der Waals surface area contributed by atoms with Gasteiger partial charge in [-0.3, -0.25) is 4.84 Å². The molecule has 10 heteroatoms. The van der Waals surface area contributed by atoms with Gasteiger partial charge < -0.3 is 26.1 Å². The highest BCUT2D eigenvalue weighted by molar-refractivity contribution is 7.89. The Morgan fingerprint density at radius 2 is 1.88 bits per heavy atom. The third-order valence-corrected chi connectivity index (χ3v) is 7.02. The minimum absolute atomic E-state index is 0.0739. The van der Waals surface area contributed by atoms with Gasteiger partial charge in [0.25, 0.3) is 10.0 Å². The molecule has 9 nitrogen and oxygen atoms in total. The summed E-state index contributed by atoms with van der Waals surface area (Å²) in [4.78, 5) is 16.9. The molecule has 1 fully saturated rings. The predicted molar refractivity (Wildman–Crippen MR) is 117 cm³/mol. The highest BCUT2D eigenvalue weighted by Gasteiger charge is 2.34. The van der Waals surface area contributed by atoms with Crippen molar-refractivity contribution < 1.29 is 28.3 Å². The van der Waals surface area contributed by atoms with Crippen LogP contribution in [-0.2, 0) is 21.3 Å². The van der Waals surface area contributed by atoms with Crippen molar-refractivity contribution in [2.45, 2.75) is 55.2 Å². The summed E-state index contributed by atoms with van der Waals surface area (Å²) in [5.41, 5.74) is 6.80. The van der Waals surface area contributed by atoms with Crippen LogP contribution in [0.5, 0.6) is 0 Å². The van der Waals surface area contributed by atoms with Gasteiger partial charge in [-0.05, 0) is 43.0 Å². The first kappa shape index (κ1) is 24.0. The van der Waals surface area contributed by atoms with Crippen molar-refractivity contribution in [3.8, 4) is 0 Å². The van der Waals surface area contributed by atoms with Gasteiger partial charge in [0, 0.05) is 5.69 Å². The van der Waals surface area contributed by atoms with Crippen molar-refractivity contribution in [1.29, 1.82) is 0 Å². The molecular formula is C22H28N3O6S-. The number of carbonyl (C=O) groups is 1. The molecule has 0 unspecified atom stereocenters. The van der Waals surface area contributed by atoms with E-state index in [1.165, 1.54) is 18.2 Å². The summed E-state index contributed by atoms with van der Waals surface area (Å²) in [6, 6.07) is 13.7. The number of carbonyl (C=O) groups excluding carboxylic acids is 1. The number of rotatable bonds is 10. The summed E-state index contributed by atoms with van der Waals surface area (Å²) in [6.45, 7) is -0.467. The second kappa shape index (κ2) is 10.8.